The van der Waals surface area contributed by atoms with E-state index in [2.05, 4.69) is 38.1 Å². The van der Waals surface area contributed by atoms with Gasteiger partial charge in [0.05, 0.1) is 12.2 Å². The summed E-state index contributed by atoms with van der Waals surface area (Å²) in [6.07, 6.45) is 1.51. The maximum absolute atomic E-state index is 9.91. The van der Waals surface area contributed by atoms with Gasteiger partial charge in [0.1, 0.15) is 0 Å². The van der Waals surface area contributed by atoms with Crippen LogP contribution in [0, 0.1) is 5.92 Å². The monoisotopic (exact) mass is 234 g/mol. The van der Waals surface area contributed by atoms with Gasteiger partial charge in [-0.25, -0.2) is 0 Å². The van der Waals surface area contributed by atoms with Crippen LogP contribution in [-0.4, -0.2) is 22.4 Å². The van der Waals surface area contributed by atoms with Gasteiger partial charge in [0, 0.05) is 6.42 Å². The Labute approximate surface area is 103 Å². The van der Waals surface area contributed by atoms with Gasteiger partial charge in [-0.05, 0) is 35.8 Å². The molecule has 2 atom stereocenters. The van der Waals surface area contributed by atoms with Crippen molar-refractivity contribution in [3.05, 3.63) is 35.4 Å². The molecule has 0 radical (unpaired) electrons. The van der Waals surface area contributed by atoms with Gasteiger partial charge in [-0.2, -0.15) is 0 Å². The highest BCUT2D eigenvalue weighted by molar-refractivity contribution is 5.25. The zero-order valence-electron chi connectivity index (χ0n) is 10.6. The molecule has 2 N–H and O–H groups in total. The van der Waals surface area contributed by atoms with E-state index in [-0.39, 0.29) is 0 Å². The highest BCUT2D eigenvalue weighted by atomic mass is 16.3. The van der Waals surface area contributed by atoms with E-state index in [9.17, 15) is 10.2 Å². The molecule has 0 heterocycles. The molecular formula is C15H22O2. The summed E-state index contributed by atoms with van der Waals surface area (Å²) in [4.78, 5) is 0. The molecule has 0 bridgehead atoms. The second-order valence-corrected chi connectivity index (χ2v) is 5.50. The molecular weight excluding hydrogens is 212 g/mol. The SMILES string of the molecule is CC(C)c1ccc(CC(O)C(O)C2CC2)cc1. The van der Waals surface area contributed by atoms with E-state index in [1.165, 1.54) is 5.56 Å². The molecule has 2 rings (SSSR count). The fourth-order valence-electron chi connectivity index (χ4n) is 2.15. The first-order valence-corrected chi connectivity index (χ1v) is 6.53. The number of benzene rings is 1. The van der Waals surface area contributed by atoms with Gasteiger partial charge < -0.3 is 10.2 Å². The predicted molar refractivity (Wildman–Crippen MR) is 69.0 cm³/mol. The number of aliphatic hydroxyl groups excluding tert-OH is 2. The van der Waals surface area contributed by atoms with Crippen LogP contribution in [0.1, 0.15) is 43.7 Å². The summed E-state index contributed by atoms with van der Waals surface area (Å²) in [6.45, 7) is 4.33. The lowest BCUT2D eigenvalue weighted by Crippen LogP contribution is -2.29. The molecule has 1 saturated carbocycles. The normalized spacial score (nSPS) is 19.4. The number of aliphatic hydroxyl groups is 2. The van der Waals surface area contributed by atoms with E-state index in [4.69, 9.17) is 0 Å². The van der Waals surface area contributed by atoms with Crippen molar-refractivity contribution in [1.29, 1.82) is 0 Å². The van der Waals surface area contributed by atoms with Gasteiger partial charge in [0.2, 0.25) is 0 Å². The summed E-state index contributed by atoms with van der Waals surface area (Å²) in [5.74, 6) is 0.867. The van der Waals surface area contributed by atoms with Gasteiger partial charge in [0.15, 0.2) is 0 Å². The van der Waals surface area contributed by atoms with Crippen LogP contribution in [0.2, 0.25) is 0 Å². The van der Waals surface area contributed by atoms with Crippen LogP contribution in [0.5, 0.6) is 0 Å². The topological polar surface area (TPSA) is 40.5 Å². The molecule has 0 amide bonds. The molecule has 0 saturated heterocycles. The van der Waals surface area contributed by atoms with Crippen LogP contribution in [0.3, 0.4) is 0 Å². The molecule has 0 aliphatic heterocycles. The summed E-state index contributed by atoms with van der Waals surface area (Å²) < 4.78 is 0. The molecule has 1 aliphatic carbocycles. The first kappa shape index (κ1) is 12.6. The lowest BCUT2D eigenvalue weighted by Gasteiger charge is -2.17. The standard InChI is InChI=1S/C15H22O2/c1-10(2)12-5-3-11(4-6-12)9-14(16)15(17)13-7-8-13/h3-6,10,13-17H,7-9H2,1-2H3. The molecule has 0 aromatic heterocycles. The molecule has 1 aromatic carbocycles. The van der Waals surface area contributed by atoms with Crippen molar-refractivity contribution in [3.63, 3.8) is 0 Å². The Bertz CT molecular complexity index is 352. The Kier molecular flexibility index (Phi) is 3.85. The van der Waals surface area contributed by atoms with E-state index >= 15 is 0 Å². The number of hydrogen-bond acceptors (Lipinski definition) is 2. The van der Waals surface area contributed by atoms with E-state index < -0.39 is 12.2 Å². The van der Waals surface area contributed by atoms with Crippen molar-refractivity contribution in [3.8, 4) is 0 Å². The summed E-state index contributed by atoms with van der Waals surface area (Å²) in [7, 11) is 0. The Hall–Kier alpha value is -0.860. The van der Waals surface area contributed by atoms with Crippen molar-refractivity contribution in [2.45, 2.75) is 51.2 Å². The van der Waals surface area contributed by atoms with Crippen LogP contribution in [0.25, 0.3) is 0 Å². The lowest BCUT2D eigenvalue weighted by atomic mass is 9.97. The summed E-state index contributed by atoms with van der Waals surface area (Å²) in [5, 5.41) is 19.7. The average Bonchev–Trinajstić information content (AvgIpc) is 3.12. The Balaban J connectivity index is 1.93. The van der Waals surface area contributed by atoms with Gasteiger partial charge >= 0.3 is 0 Å². The highest BCUT2D eigenvalue weighted by Gasteiger charge is 2.34. The predicted octanol–water partition coefficient (Wildman–Crippen LogP) is 2.48. The fourth-order valence-corrected chi connectivity index (χ4v) is 2.15. The van der Waals surface area contributed by atoms with Crippen molar-refractivity contribution >= 4 is 0 Å². The van der Waals surface area contributed by atoms with Gasteiger partial charge in [-0.3, -0.25) is 0 Å². The third kappa shape index (κ3) is 3.30. The molecule has 2 nitrogen and oxygen atoms in total. The van der Waals surface area contributed by atoms with Gasteiger partial charge in [0.25, 0.3) is 0 Å². The summed E-state index contributed by atoms with van der Waals surface area (Å²) in [5.41, 5.74) is 2.41. The van der Waals surface area contributed by atoms with E-state index in [1.54, 1.807) is 0 Å². The van der Waals surface area contributed by atoms with Crippen molar-refractivity contribution < 1.29 is 10.2 Å². The lowest BCUT2D eigenvalue weighted by molar-refractivity contribution is 0.00673. The molecule has 0 spiro atoms. The quantitative estimate of drug-likeness (QED) is 0.821. The second kappa shape index (κ2) is 5.19. The van der Waals surface area contributed by atoms with Gasteiger partial charge in [-0.15, -0.1) is 0 Å². The van der Waals surface area contributed by atoms with Crippen LogP contribution < -0.4 is 0 Å². The molecule has 2 heteroatoms. The first-order chi connectivity index (χ1) is 8.08. The van der Waals surface area contributed by atoms with Crippen LogP contribution >= 0.6 is 0 Å². The minimum atomic E-state index is -0.618. The number of rotatable bonds is 5. The molecule has 1 aliphatic rings. The van der Waals surface area contributed by atoms with Crippen molar-refractivity contribution in [1.82, 2.24) is 0 Å². The summed E-state index contributed by atoms with van der Waals surface area (Å²) >= 11 is 0. The maximum atomic E-state index is 9.91. The highest BCUT2D eigenvalue weighted by Crippen LogP contribution is 2.34. The fraction of sp³-hybridized carbons (Fsp3) is 0.600. The Morgan fingerprint density at radius 3 is 2.18 bits per heavy atom. The first-order valence-electron chi connectivity index (χ1n) is 6.53. The molecule has 1 fully saturated rings. The third-order valence-corrected chi connectivity index (χ3v) is 3.59. The van der Waals surface area contributed by atoms with Crippen LogP contribution in [-0.2, 0) is 6.42 Å². The minimum absolute atomic E-state index is 0.333. The second-order valence-electron chi connectivity index (χ2n) is 5.50. The van der Waals surface area contributed by atoms with E-state index in [1.807, 2.05) is 0 Å². The number of hydrogen-bond donors (Lipinski definition) is 2. The van der Waals surface area contributed by atoms with E-state index in [0.29, 0.717) is 18.3 Å². The smallest absolute Gasteiger partial charge is 0.0842 e. The van der Waals surface area contributed by atoms with Crippen molar-refractivity contribution in [2.24, 2.45) is 5.92 Å². The third-order valence-electron chi connectivity index (χ3n) is 3.59. The zero-order chi connectivity index (χ0) is 12.4. The minimum Gasteiger partial charge on any atom is -0.390 e. The van der Waals surface area contributed by atoms with Crippen LogP contribution in [0.15, 0.2) is 24.3 Å². The van der Waals surface area contributed by atoms with Crippen LogP contribution in [0.4, 0.5) is 0 Å². The molecule has 1 aromatic rings. The molecule has 94 valence electrons. The maximum Gasteiger partial charge on any atom is 0.0842 e. The average molecular weight is 234 g/mol. The van der Waals surface area contributed by atoms with Gasteiger partial charge in [-0.1, -0.05) is 38.1 Å². The zero-order valence-corrected chi connectivity index (χ0v) is 10.6. The van der Waals surface area contributed by atoms with Crippen molar-refractivity contribution in [2.75, 3.05) is 0 Å². The Morgan fingerprint density at radius 1 is 1.12 bits per heavy atom. The summed E-state index contributed by atoms with van der Waals surface area (Å²) in [6, 6.07) is 8.32. The largest absolute Gasteiger partial charge is 0.390 e. The molecule has 17 heavy (non-hydrogen) atoms. The van der Waals surface area contributed by atoms with E-state index in [0.717, 1.165) is 18.4 Å². The Morgan fingerprint density at radius 2 is 1.71 bits per heavy atom. The molecule has 2 unspecified atom stereocenters.